The number of anilines is 2. The fourth-order valence-electron chi connectivity index (χ4n) is 2.17. The van der Waals surface area contributed by atoms with Gasteiger partial charge in [0.05, 0.1) is 16.9 Å². The van der Waals surface area contributed by atoms with Crippen molar-refractivity contribution in [3.63, 3.8) is 0 Å². The minimum atomic E-state index is -0.523. The molecule has 0 unspecified atom stereocenters. The van der Waals surface area contributed by atoms with Crippen LogP contribution < -0.4 is 11.2 Å². The van der Waals surface area contributed by atoms with Crippen molar-refractivity contribution < 1.29 is 14.4 Å². The van der Waals surface area contributed by atoms with Crippen LogP contribution >= 0.6 is 15.9 Å². The minimum Gasteiger partial charge on any atom is -0.399 e. The van der Waals surface area contributed by atoms with E-state index in [1.165, 1.54) is 0 Å². The van der Waals surface area contributed by atoms with Crippen LogP contribution in [0.5, 0.6) is 0 Å². The smallest absolute Gasteiger partial charge is 0.363 e. The number of hydrogen-bond donors (Lipinski definition) is 2. The number of benzene rings is 3. The first-order chi connectivity index (χ1) is 13.5. The number of nitrogens with zero attached hydrogens (tertiary/aromatic N) is 2. The lowest BCUT2D eigenvalue weighted by Gasteiger charge is -2.07. The molecule has 3 rings (SSSR count). The van der Waals surface area contributed by atoms with E-state index >= 15 is 0 Å². The lowest BCUT2D eigenvalue weighted by Crippen LogP contribution is -2.11. The Morgan fingerprint density at radius 1 is 0.929 bits per heavy atom. The Morgan fingerprint density at radius 3 is 2.29 bits per heavy atom. The molecular formula is C20H15BrN4O3. The van der Waals surface area contributed by atoms with E-state index in [1.807, 2.05) is 0 Å². The Bertz CT molecular complexity index is 1020. The van der Waals surface area contributed by atoms with E-state index in [9.17, 15) is 9.59 Å². The van der Waals surface area contributed by atoms with E-state index in [2.05, 4.69) is 31.6 Å². The van der Waals surface area contributed by atoms with Crippen LogP contribution in [-0.2, 0) is 4.84 Å². The molecule has 1 amide bonds. The van der Waals surface area contributed by atoms with Crippen LogP contribution in [-0.4, -0.2) is 11.9 Å². The third-order valence-electron chi connectivity index (χ3n) is 3.64. The summed E-state index contributed by atoms with van der Waals surface area (Å²) in [6.07, 6.45) is 0. The summed E-state index contributed by atoms with van der Waals surface area (Å²) in [4.78, 5) is 29.1. The molecule has 7 nitrogen and oxygen atoms in total. The van der Waals surface area contributed by atoms with Gasteiger partial charge in [0.25, 0.3) is 5.91 Å². The van der Waals surface area contributed by atoms with Gasteiger partial charge in [-0.15, -0.1) is 10.2 Å². The molecule has 3 N–H and O–H groups in total. The van der Waals surface area contributed by atoms with Crippen molar-refractivity contribution in [2.75, 3.05) is 11.2 Å². The molecule has 0 fully saturated rings. The number of rotatable bonds is 5. The van der Waals surface area contributed by atoms with E-state index in [-0.39, 0.29) is 0 Å². The molecule has 0 saturated carbocycles. The number of carbonyl (C=O) groups is 2. The van der Waals surface area contributed by atoms with Gasteiger partial charge in [0.2, 0.25) is 0 Å². The zero-order valence-corrected chi connectivity index (χ0v) is 16.1. The van der Waals surface area contributed by atoms with Crippen LogP contribution in [0.15, 0.2) is 87.5 Å². The normalized spacial score (nSPS) is 10.6. The standard InChI is InChI=1S/C20H15BrN4O3/c21-18-4-2-1-3-17(18)20(27)28-25-16-11-9-15(10-12-16)23-24-19(26)13-5-7-14(22)8-6-13/h1-12,25H,22H2. The Morgan fingerprint density at radius 2 is 1.61 bits per heavy atom. The van der Waals surface area contributed by atoms with Crippen LogP contribution in [0.1, 0.15) is 20.7 Å². The summed E-state index contributed by atoms with van der Waals surface area (Å²) < 4.78 is 0.642. The summed E-state index contributed by atoms with van der Waals surface area (Å²) in [5.74, 6) is -0.991. The SMILES string of the molecule is Nc1ccc(C(=O)N=Nc2ccc(NOC(=O)c3ccccc3Br)cc2)cc1. The van der Waals surface area contributed by atoms with Gasteiger partial charge in [-0.25, -0.2) is 10.3 Å². The number of nitrogen functional groups attached to an aromatic ring is 1. The fraction of sp³-hybridized carbons (Fsp3) is 0. The summed E-state index contributed by atoms with van der Waals surface area (Å²) in [5, 5.41) is 7.58. The average Bonchev–Trinajstić information content (AvgIpc) is 2.72. The predicted molar refractivity (Wildman–Crippen MR) is 109 cm³/mol. The van der Waals surface area contributed by atoms with Gasteiger partial charge in [-0.2, -0.15) is 0 Å². The average molecular weight is 439 g/mol. The second-order valence-corrected chi connectivity index (χ2v) is 6.50. The Labute approximate surface area is 169 Å². The maximum atomic E-state index is 12.0. The van der Waals surface area contributed by atoms with E-state index in [0.717, 1.165) is 0 Å². The summed E-state index contributed by atoms with van der Waals surface area (Å²) in [6, 6.07) is 19.9. The molecule has 0 aliphatic carbocycles. The van der Waals surface area contributed by atoms with Gasteiger partial charge in [0, 0.05) is 15.7 Å². The number of amides is 1. The molecule has 0 aromatic heterocycles. The van der Waals surface area contributed by atoms with Crippen LogP contribution in [0.2, 0.25) is 0 Å². The highest BCUT2D eigenvalue weighted by molar-refractivity contribution is 9.10. The highest BCUT2D eigenvalue weighted by Crippen LogP contribution is 2.19. The Hall–Kier alpha value is -3.52. The molecule has 0 atom stereocenters. The van der Waals surface area contributed by atoms with Crippen LogP contribution in [0.25, 0.3) is 0 Å². The zero-order chi connectivity index (χ0) is 19.9. The predicted octanol–water partition coefficient (Wildman–Crippen LogP) is 5.14. The van der Waals surface area contributed by atoms with Crippen molar-refractivity contribution >= 4 is 44.9 Å². The monoisotopic (exact) mass is 438 g/mol. The number of carbonyl (C=O) groups excluding carboxylic acids is 2. The molecule has 8 heteroatoms. The van der Waals surface area contributed by atoms with E-state index in [4.69, 9.17) is 10.6 Å². The van der Waals surface area contributed by atoms with E-state index in [1.54, 1.807) is 72.8 Å². The van der Waals surface area contributed by atoms with E-state index in [0.29, 0.717) is 32.7 Å². The third-order valence-corrected chi connectivity index (χ3v) is 4.33. The number of halogens is 1. The van der Waals surface area contributed by atoms with Crippen molar-refractivity contribution in [3.8, 4) is 0 Å². The van der Waals surface area contributed by atoms with Gasteiger partial charge in [0.1, 0.15) is 0 Å². The first-order valence-corrected chi connectivity index (χ1v) is 8.95. The third kappa shape index (κ3) is 5.01. The largest absolute Gasteiger partial charge is 0.399 e. The molecule has 0 spiro atoms. The molecule has 0 heterocycles. The van der Waals surface area contributed by atoms with E-state index < -0.39 is 11.9 Å². The summed E-state index contributed by atoms with van der Waals surface area (Å²) in [5.41, 5.74) is 10.5. The molecule has 0 saturated heterocycles. The van der Waals surface area contributed by atoms with Gasteiger partial charge in [0.15, 0.2) is 0 Å². The summed E-state index contributed by atoms with van der Waals surface area (Å²) in [7, 11) is 0. The van der Waals surface area contributed by atoms with Crippen molar-refractivity contribution in [1.82, 2.24) is 0 Å². The maximum Gasteiger partial charge on any atom is 0.363 e. The first-order valence-electron chi connectivity index (χ1n) is 8.16. The van der Waals surface area contributed by atoms with Crippen molar-refractivity contribution in [2.24, 2.45) is 10.2 Å². The molecule has 3 aromatic rings. The molecule has 0 radical (unpaired) electrons. The molecule has 0 aliphatic heterocycles. The van der Waals surface area contributed by atoms with Crippen LogP contribution in [0.4, 0.5) is 17.1 Å². The second-order valence-electron chi connectivity index (χ2n) is 5.65. The van der Waals surface area contributed by atoms with Gasteiger partial charge < -0.3 is 10.6 Å². The fourth-order valence-corrected chi connectivity index (χ4v) is 2.62. The van der Waals surface area contributed by atoms with Gasteiger partial charge in [-0.3, -0.25) is 4.79 Å². The molecular weight excluding hydrogens is 424 g/mol. The van der Waals surface area contributed by atoms with Crippen molar-refractivity contribution in [3.05, 3.63) is 88.4 Å². The number of nitrogens with two attached hydrogens (primary N) is 1. The second kappa shape index (κ2) is 8.92. The quantitative estimate of drug-likeness (QED) is 0.325. The molecule has 0 aliphatic rings. The van der Waals surface area contributed by atoms with Gasteiger partial charge in [-0.05, 0) is 76.6 Å². The van der Waals surface area contributed by atoms with Crippen LogP contribution in [0.3, 0.4) is 0 Å². The highest BCUT2D eigenvalue weighted by Gasteiger charge is 2.11. The number of nitrogens with one attached hydrogen (secondary N) is 1. The lowest BCUT2D eigenvalue weighted by atomic mass is 10.2. The van der Waals surface area contributed by atoms with Crippen molar-refractivity contribution in [1.29, 1.82) is 0 Å². The number of azo groups is 1. The summed E-state index contributed by atoms with van der Waals surface area (Å²) >= 11 is 3.30. The molecule has 140 valence electrons. The topological polar surface area (TPSA) is 106 Å². The number of hydrogen-bond acceptors (Lipinski definition) is 6. The molecule has 3 aromatic carbocycles. The minimum absolute atomic E-state index is 0.398. The summed E-state index contributed by atoms with van der Waals surface area (Å²) in [6.45, 7) is 0. The maximum absolute atomic E-state index is 12.0. The van der Waals surface area contributed by atoms with Crippen molar-refractivity contribution in [2.45, 2.75) is 0 Å². The molecule has 0 bridgehead atoms. The highest BCUT2D eigenvalue weighted by atomic mass is 79.9. The first kappa shape index (κ1) is 19.2. The Kier molecular flexibility index (Phi) is 6.13. The zero-order valence-electron chi connectivity index (χ0n) is 14.5. The van der Waals surface area contributed by atoms with Gasteiger partial charge in [-0.1, -0.05) is 12.1 Å². The lowest BCUT2D eigenvalue weighted by molar-refractivity contribution is 0.0595. The van der Waals surface area contributed by atoms with Gasteiger partial charge >= 0.3 is 5.97 Å². The molecule has 28 heavy (non-hydrogen) atoms. The Balaban J connectivity index is 1.57. The van der Waals surface area contributed by atoms with Crippen LogP contribution in [0, 0.1) is 0 Å².